The van der Waals surface area contributed by atoms with Gasteiger partial charge in [0.15, 0.2) is 5.78 Å². The summed E-state index contributed by atoms with van der Waals surface area (Å²) in [7, 11) is 1.59. The van der Waals surface area contributed by atoms with Gasteiger partial charge in [-0.2, -0.15) is 0 Å². The summed E-state index contributed by atoms with van der Waals surface area (Å²) in [4.78, 5) is 20.9. The molecule has 3 rings (SSSR count). The Kier molecular flexibility index (Phi) is 6.92. The van der Waals surface area contributed by atoms with E-state index in [0.29, 0.717) is 22.0 Å². The van der Waals surface area contributed by atoms with Gasteiger partial charge >= 0.3 is 0 Å². The van der Waals surface area contributed by atoms with Crippen molar-refractivity contribution in [2.24, 2.45) is 4.99 Å². The van der Waals surface area contributed by atoms with Gasteiger partial charge in [-0.05, 0) is 60.0 Å². The highest BCUT2D eigenvalue weighted by Gasteiger charge is 2.09. The van der Waals surface area contributed by atoms with Crippen molar-refractivity contribution >= 4 is 34.5 Å². The first-order chi connectivity index (χ1) is 14.1. The van der Waals surface area contributed by atoms with E-state index in [0.717, 1.165) is 24.0 Å². The summed E-state index contributed by atoms with van der Waals surface area (Å²) < 4.78 is 5.12. The zero-order valence-electron chi connectivity index (χ0n) is 16.3. The van der Waals surface area contributed by atoms with Crippen LogP contribution in [0.2, 0.25) is 0 Å². The largest absolute Gasteiger partial charge is 0.507 e. The predicted molar refractivity (Wildman–Crippen MR) is 118 cm³/mol. The van der Waals surface area contributed by atoms with Crippen molar-refractivity contribution in [3.8, 4) is 11.5 Å². The second kappa shape index (κ2) is 9.80. The number of aliphatic imine (C=N–C) groups is 1. The molecule has 0 aliphatic carbocycles. The highest BCUT2D eigenvalue weighted by Crippen LogP contribution is 2.27. The van der Waals surface area contributed by atoms with E-state index < -0.39 is 0 Å². The van der Waals surface area contributed by atoms with Gasteiger partial charge in [0.2, 0.25) is 5.13 Å². The van der Waals surface area contributed by atoms with Gasteiger partial charge in [-0.15, -0.1) is 11.3 Å². The molecule has 0 amide bonds. The second-order valence-corrected chi connectivity index (χ2v) is 7.24. The molecule has 0 bridgehead atoms. The van der Waals surface area contributed by atoms with Gasteiger partial charge in [0.05, 0.1) is 7.11 Å². The number of carbonyl (C=O) groups is 1. The fourth-order valence-corrected chi connectivity index (χ4v) is 3.31. The monoisotopic (exact) mass is 406 g/mol. The lowest BCUT2D eigenvalue weighted by atomic mass is 10.00. The molecule has 1 aromatic heterocycles. The number of phenolic OH excluding ortho intramolecular Hbond substituents is 1. The minimum atomic E-state index is -0.101. The average molecular weight is 407 g/mol. The van der Waals surface area contributed by atoms with Crippen molar-refractivity contribution in [3.63, 3.8) is 0 Å². The highest BCUT2D eigenvalue weighted by atomic mass is 32.1. The predicted octanol–water partition coefficient (Wildman–Crippen LogP) is 5.46. The number of aromatic hydroxyl groups is 1. The lowest BCUT2D eigenvalue weighted by molar-refractivity contribution is 0.104. The molecule has 0 spiro atoms. The summed E-state index contributed by atoms with van der Waals surface area (Å²) in [6, 6.07) is 10.7. The van der Waals surface area contributed by atoms with Crippen molar-refractivity contribution in [2.45, 2.75) is 19.8 Å². The number of ether oxygens (including phenoxy) is 1. The summed E-state index contributed by atoms with van der Waals surface area (Å²) in [5.41, 5.74) is 2.84. The van der Waals surface area contributed by atoms with E-state index in [1.54, 1.807) is 49.9 Å². The summed E-state index contributed by atoms with van der Waals surface area (Å²) in [5.74, 6) is 0.819. The molecule has 0 aliphatic rings. The maximum atomic E-state index is 12.5. The molecule has 0 saturated carbocycles. The molecule has 0 radical (unpaired) electrons. The van der Waals surface area contributed by atoms with Crippen LogP contribution in [0, 0.1) is 0 Å². The van der Waals surface area contributed by atoms with E-state index in [-0.39, 0.29) is 11.5 Å². The fourth-order valence-electron chi connectivity index (χ4n) is 2.83. The van der Waals surface area contributed by atoms with Crippen LogP contribution in [0.25, 0.3) is 6.08 Å². The molecule has 0 aliphatic heterocycles. The number of benzene rings is 2. The number of phenols is 1. The first kappa shape index (κ1) is 20.5. The van der Waals surface area contributed by atoms with E-state index >= 15 is 0 Å². The Bertz CT molecular complexity index is 1020. The number of carbonyl (C=O) groups excluding carboxylic acids is 1. The molecule has 0 atom stereocenters. The van der Waals surface area contributed by atoms with Gasteiger partial charge in [-0.3, -0.25) is 4.79 Å². The Morgan fingerprint density at radius 3 is 2.72 bits per heavy atom. The Labute approximate surface area is 174 Å². The molecule has 0 fully saturated rings. The minimum absolute atomic E-state index is 0.101. The molecule has 0 unspecified atom stereocenters. The molecule has 3 aromatic rings. The number of rotatable bonds is 8. The first-order valence-corrected chi connectivity index (χ1v) is 10.1. The number of allylic oxidation sites excluding steroid dienone is 1. The standard InChI is InChI=1S/C23H22N2O3S/c1-3-4-18-13-16(5-10-21(26)17-6-8-20(28-2)9-7-17)14-19(22(18)27)15-25-23-24-11-12-29-23/h5-15,27H,3-4H2,1-2H3/b10-5+,25-15+. The summed E-state index contributed by atoms with van der Waals surface area (Å²) in [6.45, 7) is 2.05. The first-order valence-electron chi connectivity index (χ1n) is 9.26. The van der Waals surface area contributed by atoms with E-state index in [9.17, 15) is 9.90 Å². The van der Waals surface area contributed by atoms with Crippen LogP contribution >= 0.6 is 11.3 Å². The lowest BCUT2D eigenvalue weighted by Crippen LogP contribution is -1.95. The molecule has 6 heteroatoms. The second-order valence-electron chi connectivity index (χ2n) is 6.37. The van der Waals surface area contributed by atoms with Crippen LogP contribution < -0.4 is 4.74 Å². The third-order valence-corrected chi connectivity index (χ3v) is 4.97. The third-order valence-electron chi connectivity index (χ3n) is 4.30. The Morgan fingerprint density at radius 2 is 2.07 bits per heavy atom. The minimum Gasteiger partial charge on any atom is -0.507 e. The topological polar surface area (TPSA) is 71.8 Å². The summed E-state index contributed by atoms with van der Waals surface area (Å²) in [5, 5.41) is 13.0. The number of ketones is 1. The summed E-state index contributed by atoms with van der Waals surface area (Å²) >= 11 is 1.42. The number of methoxy groups -OCH3 is 1. The van der Waals surface area contributed by atoms with E-state index in [1.165, 1.54) is 17.4 Å². The Morgan fingerprint density at radius 1 is 1.28 bits per heavy atom. The van der Waals surface area contributed by atoms with Gasteiger partial charge in [0.1, 0.15) is 11.5 Å². The molecular formula is C23H22N2O3S. The lowest BCUT2D eigenvalue weighted by Gasteiger charge is -2.08. The molecule has 148 valence electrons. The highest BCUT2D eigenvalue weighted by molar-refractivity contribution is 7.13. The van der Waals surface area contributed by atoms with Crippen LogP contribution in [0.3, 0.4) is 0 Å². The SMILES string of the molecule is CCCc1cc(/C=C/C(=O)c2ccc(OC)cc2)cc(/C=N/c2nccs2)c1O. The normalized spacial score (nSPS) is 11.4. The van der Waals surface area contributed by atoms with Crippen LogP contribution in [0.4, 0.5) is 5.13 Å². The maximum Gasteiger partial charge on any atom is 0.209 e. The quantitative estimate of drug-likeness (QED) is 0.306. The van der Waals surface area contributed by atoms with Crippen LogP contribution in [-0.2, 0) is 6.42 Å². The molecular weight excluding hydrogens is 384 g/mol. The number of hydrogen-bond donors (Lipinski definition) is 1. The number of hydrogen-bond acceptors (Lipinski definition) is 6. The van der Waals surface area contributed by atoms with Crippen molar-refractivity contribution in [1.29, 1.82) is 0 Å². The zero-order chi connectivity index (χ0) is 20.6. The number of aromatic nitrogens is 1. The zero-order valence-corrected chi connectivity index (χ0v) is 17.1. The van der Waals surface area contributed by atoms with Gasteiger partial charge in [0.25, 0.3) is 0 Å². The fraction of sp³-hybridized carbons (Fsp3) is 0.174. The van der Waals surface area contributed by atoms with Crippen molar-refractivity contribution in [2.75, 3.05) is 7.11 Å². The van der Waals surface area contributed by atoms with Crippen LogP contribution in [0.5, 0.6) is 11.5 Å². The third kappa shape index (κ3) is 5.39. The van der Waals surface area contributed by atoms with Crippen LogP contribution in [0.15, 0.2) is 59.0 Å². The van der Waals surface area contributed by atoms with E-state index in [2.05, 4.69) is 16.9 Å². The number of nitrogens with zero attached hydrogens (tertiary/aromatic N) is 2. The van der Waals surface area contributed by atoms with Crippen molar-refractivity contribution in [1.82, 2.24) is 4.98 Å². The Balaban J connectivity index is 1.86. The molecule has 29 heavy (non-hydrogen) atoms. The maximum absolute atomic E-state index is 12.5. The van der Waals surface area contributed by atoms with Gasteiger partial charge in [-0.1, -0.05) is 19.4 Å². The van der Waals surface area contributed by atoms with E-state index in [1.807, 2.05) is 17.5 Å². The van der Waals surface area contributed by atoms with Gasteiger partial charge < -0.3 is 9.84 Å². The number of thiazole rings is 1. The number of aryl methyl sites for hydroxylation is 1. The van der Waals surface area contributed by atoms with E-state index in [4.69, 9.17) is 4.74 Å². The Hall–Kier alpha value is -3.25. The van der Waals surface area contributed by atoms with Crippen LogP contribution in [-0.4, -0.2) is 29.2 Å². The molecule has 5 nitrogen and oxygen atoms in total. The molecule has 0 saturated heterocycles. The summed E-state index contributed by atoms with van der Waals surface area (Å²) in [6.07, 6.45) is 8.21. The van der Waals surface area contributed by atoms with Crippen molar-refractivity contribution < 1.29 is 14.6 Å². The van der Waals surface area contributed by atoms with Crippen LogP contribution in [0.1, 0.15) is 40.4 Å². The molecule has 1 heterocycles. The van der Waals surface area contributed by atoms with Gasteiger partial charge in [0, 0.05) is 28.9 Å². The smallest absolute Gasteiger partial charge is 0.209 e. The van der Waals surface area contributed by atoms with Crippen molar-refractivity contribution in [3.05, 3.63) is 76.3 Å². The van der Waals surface area contributed by atoms with Gasteiger partial charge in [-0.25, -0.2) is 9.98 Å². The molecule has 1 N–H and O–H groups in total. The molecule has 2 aromatic carbocycles. The average Bonchev–Trinajstić information content (AvgIpc) is 3.27.